The number of amides is 1. The first-order valence-corrected chi connectivity index (χ1v) is 13.4. The van der Waals surface area contributed by atoms with Crippen LogP contribution in [0.5, 0.6) is 0 Å². The number of furan rings is 1. The van der Waals surface area contributed by atoms with E-state index in [9.17, 15) is 18.3 Å². The zero-order valence-corrected chi connectivity index (χ0v) is 22.7. The Morgan fingerprint density at radius 1 is 1.19 bits per heavy atom. The number of nitrogens with one attached hydrogen (secondary N) is 2. The topological polar surface area (TPSA) is 139 Å². The van der Waals surface area contributed by atoms with Gasteiger partial charge < -0.3 is 20.2 Å². The number of hydrogen-bond donors (Lipinski definition) is 3. The van der Waals surface area contributed by atoms with E-state index < -0.39 is 22.2 Å². The lowest BCUT2D eigenvalue weighted by Gasteiger charge is -2.18. The second-order valence-corrected chi connectivity index (χ2v) is 11.2. The van der Waals surface area contributed by atoms with Gasteiger partial charge in [-0.3, -0.25) is 0 Å². The summed E-state index contributed by atoms with van der Waals surface area (Å²) in [5, 5.41) is 15.1. The maximum Gasteiger partial charge on any atom is 0.404 e. The van der Waals surface area contributed by atoms with Crippen molar-refractivity contribution in [3.63, 3.8) is 0 Å². The molecule has 3 N–H and O–H groups in total. The Balaban J connectivity index is 1.99. The average molecular weight is 546 g/mol. The van der Waals surface area contributed by atoms with E-state index in [1.54, 1.807) is 46.1 Å². The zero-order valence-electron chi connectivity index (χ0n) is 21.1. The van der Waals surface area contributed by atoms with Crippen LogP contribution in [0.4, 0.5) is 10.6 Å². The van der Waals surface area contributed by atoms with Crippen molar-refractivity contribution < 1.29 is 22.7 Å². The van der Waals surface area contributed by atoms with Crippen LogP contribution in [-0.4, -0.2) is 39.6 Å². The van der Waals surface area contributed by atoms with Crippen molar-refractivity contribution in [2.75, 3.05) is 5.32 Å². The van der Waals surface area contributed by atoms with E-state index in [0.717, 1.165) is 5.56 Å². The van der Waals surface area contributed by atoms with Gasteiger partial charge in [-0.2, -0.15) is 4.98 Å². The van der Waals surface area contributed by atoms with Gasteiger partial charge in [-0.05, 0) is 75.0 Å². The summed E-state index contributed by atoms with van der Waals surface area (Å²) in [4.78, 5) is 20.1. The number of fused-ring (bicyclic) bond motifs is 1. The molecule has 1 amide bonds. The first-order chi connectivity index (χ1) is 17.4. The highest BCUT2D eigenvalue weighted by molar-refractivity contribution is 7.90. The first-order valence-electron chi connectivity index (χ1n) is 11.6. The van der Waals surface area contributed by atoms with E-state index in [1.165, 1.54) is 3.97 Å². The highest BCUT2D eigenvalue weighted by Crippen LogP contribution is 2.36. The van der Waals surface area contributed by atoms with Crippen LogP contribution >= 0.6 is 11.6 Å². The third kappa shape index (κ3) is 5.14. The van der Waals surface area contributed by atoms with Crippen LogP contribution in [0.2, 0.25) is 5.28 Å². The molecule has 1 atom stereocenters. The average Bonchev–Trinajstić information content (AvgIpc) is 3.37. The van der Waals surface area contributed by atoms with Crippen molar-refractivity contribution in [2.24, 2.45) is 0 Å². The van der Waals surface area contributed by atoms with Gasteiger partial charge in [0, 0.05) is 18.2 Å². The number of nitrogens with zero attached hydrogens (tertiary/aromatic N) is 3. The molecule has 3 heterocycles. The molecule has 0 saturated carbocycles. The molecular formula is C25H28ClN5O5S. The molecule has 37 heavy (non-hydrogen) atoms. The summed E-state index contributed by atoms with van der Waals surface area (Å²) in [7, 11) is -4.17. The van der Waals surface area contributed by atoms with Gasteiger partial charge in [-0.15, -0.1) is 0 Å². The Bertz CT molecular complexity index is 1570. The first kappa shape index (κ1) is 26.5. The normalized spacial score (nSPS) is 12.6. The van der Waals surface area contributed by atoms with Crippen molar-refractivity contribution in [1.29, 1.82) is 0 Å². The molecule has 1 aromatic carbocycles. The molecule has 196 valence electrons. The van der Waals surface area contributed by atoms with Gasteiger partial charge >= 0.3 is 6.09 Å². The van der Waals surface area contributed by atoms with Crippen LogP contribution in [0.25, 0.3) is 11.0 Å². The number of anilines is 1. The van der Waals surface area contributed by atoms with Crippen LogP contribution in [0.3, 0.4) is 0 Å². The van der Waals surface area contributed by atoms with Gasteiger partial charge in [0.15, 0.2) is 5.65 Å². The highest BCUT2D eigenvalue weighted by atomic mass is 35.5. The summed E-state index contributed by atoms with van der Waals surface area (Å²) in [6.45, 7) is 9.12. The monoisotopic (exact) mass is 545 g/mol. The van der Waals surface area contributed by atoms with Crippen LogP contribution < -0.4 is 10.6 Å². The summed E-state index contributed by atoms with van der Waals surface area (Å²) < 4.78 is 35.2. The van der Waals surface area contributed by atoms with Crippen LogP contribution in [-0.2, 0) is 23.0 Å². The number of hydrogen-bond acceptors (Lipinski definition) is 7. The number of carbonyl (C=O) groups is 1. The standard InChI is InChI=1S/C25H28ClN5O5S/c1-13-9-14(2)21(15(3)10-13)37(34,35)31-19(11-16(4)28-25(32)33)17(5)20-22(29-24(26)30-23(20)31)27-12-18-7-6-8-36-18/h6-10,16,28H,11-12H2,1-5H3,(H,32,33)(H,27,29,30). The molecule has 0 bridgehead atoms. The molecule has 12 heteroatoms. The fraction of sp³-hybridized carbons (Fsp3) is 0.320. The summed E-state index contributed by atoms with van der Waals surface area (Å²) in [6, 6.07) is 6.59. The van der Waals surface area contributed by atoms with Crippen LogP contribution in [0.1, 0.15) is 40.6 Å². The molecule has 0 saturated heterocycles. The largest absolute Gasteiger partial charge is 0.467 e. The van der Waals surface area contributed by atoms with Crippen LogP contribution in [0.15, 0.2) is 39.8 Å². The lowest BCUT2D eigenvalue weighted by atomic mass is 10.1. The Kier molecular flexibility index (Phi) is 7.20. The predicted molar refractivity (Wildman–Crippen MR) is 141 cm³/mol. The fourth-order valence-corrected chi connectivity index (χ4v) is 6.90. The quantitative estimate of drug-likeness (QED) is 0.264. The van der Waals surface area contributed by atoms with Gasteiger partial charge in [0.2, 0.25) is 5.28 Å². The molecule has 4 rings (SSSR count). The molecule has 4 aromatic rings. The number of carboxylic acid groups (broad SMARTS) is 1. The lowest BCUT2D eigenvalue weighted by Crippen LogP contribution is -2.34. The summed E-state index contributed by atoms with van der Waals surface area (Å²) in [6.07, 6.45) is 0.437. The number of aryl methyl sites for hydroxylation is 4. The van der Waals surface area contributed by atoms with E-state index >= 15 is 0 Å². The van der Waals surface area contributed by atoms with Crippen molar-refractivity contribution in [2.45, 2.75) is 58.5 Å². The highest BCUT2D eigenvalue weighted by Gasteiger charge is 2.31. The second-order valence-electron chi connectivity index (χ2n) is 9.10. The van der Waals surface area contributed by atoms with E-state index in [4.69, 9.17) is 16.0 Å². The van der Waals surface area contributed by atoms with E-state index in [1.807, 2.05) is 19.1 Å². The maximum absolute atomic E-state index is 14.3. The minimum Gasteiger partial charge on any atom is -0.467 e. The number of benzene rings is 1. The number of aromatic nitrogens is 3. The summed E-state index contributed by atoms with van der Waals surface area (Å²) in [5.41, 5.74) is 3.21. The Labute approximate surface area is 219 Å². The Hall–Kier alpha value is -3.57. The summed E-state index contributed by atoms with van der Waals surface area (Å²) in [5.74, 6) is 0.994. The van der Waals surface area contributed by atoms with Gasteiger partial charge in [0.25, 0.3) is 10.0 Å². The smallest absolute Gasteiger partial charge is 0.404 e. The fourth-order valence-electron chi connectivity index (χ4n) is 4.76. The third-order valence-electron chi connectivity index (χ3n) is 6.09. The van der Waals surface area contributed by atoms with Gasteiger partial charge in [-0.1, -0.05) is 17.7 Å². The van der Waals surface area contributed by atoms with E-state index in [0.29, 0.717) is 39.3 Å². The van der Waals surface area contributed by atoms with Crippen molar-refractivity contribution in [1.82, 2.24) is 19.3 Å². The minimum atomic E-state index is -4.17. The van der Waals surface area contributed by atoms with Crippen LogP contribution in [0, 0.1) is 27.7 Å². The van der Waals surface area contributed by atoms with Crippen molar-refractivity contribution in [3.8, 4) is 0 Å². The van der Waals surface area contributed by atoms with Crippen molar-refractivity contribution >= 4 is 44.6 Å². The van der Waals surface area contributed by atoms with Gasteiger partial charge in [0.05, 0.1) is 23.1 Å². The predicted octanol–water partition coefficient (Wildman–Crippen LogP) is 4.96. The molecule has 0 aliphatic heterocycles. The lowest BCUT2D eigenvalue weighted by molar-refractivity contribution is 0.190. The number of halogens is 1. The van der Waals surface area contributed by atoms with E-state index in [2.05, 4.69) is 20.6 Å². The Morgan fingerprint density at radius 3 is 2.46 bits per heavy atom. The number of rotatable bonds is 8. The molecule has 3 aromatic heterocycles. The summed E-state index contributed by atoms with van der Waals surface area (Å²) >= 11 is 6.29. The zero-order chi connectivity index (χ0) is 27.1. The van der Waals surface area contributed by atoms with Gasteiger partial charge in [-0.25, -0.2) is 22.2 Å². The van der Waals surface area contributed by atoms with Crippen molar-refractivity contribution in [3.05, 3.63) is 69.5 Å². The molecule has 0 radical (unpaired) electrons. The third-order valence-corrected chi connectivity index (χ3v) is 8.29. The second kappa shape index (κ2) is 10.1. The molecule has 1 unspecified atom stereocenters. The molecule has 0 aliphatic rings. The molecule has 0 fully saturated rings. The molecule has 10 nitrogen and oxygen atoms in total. The SMILES string of the molecule is Cc1cc(C)c(S(=O)(=O)n2c(CC(C)NC(=O)O)c(C)c3c(NCc4ccco4)nc(Cl)nc32)c(C)c1. The van der Waals surface area contributed by atoms with Gasteiger partial charge in [0.1, 0.15) is 11.6 Å². The minimum absolute atomic E-state index is 0.0902. The van der Waals surface area contributed by atoms with E-state index in [-0.39, 0.29) is 28.8 Å². The maximum atomic E-state index is 14.3. The Morgan fingerprint density at radius 2 is 1.86 bits per heavy atom. The molecular weight excluding hydrogens is 518 g/mol. The molecule has 0 spiro atoms. The molecule has 0 aliphatic carbocycles.